The number of thiazole rings is 1. The Morgan fingerprint density at radius 3 is 2.78 bits per heavy atom. The van der Waals surface area contributed by atoms with Crippen molar-refractivity contribution >= 4 is 17.2 Å². The topological polar surface area (TPSA) is 50.7 Å². The summed E-state index contributed by atoms with van der Waals surface area (Å²) in [5.41, 5.74) is 0.993. The lowest BCUT2D eigenvalue weighted by molar-refractivity contribution is 0.957. The smallest absolute Gasteiger partial charge is 0.129 e. The van der Waals surface area contributed by atoms with Crippen LogP contribution in [0.15, 0.2) is 12.3 Å². The van der Waals surface area contributed by atoms with Gasteiger partial charge in [0.05, 0.1) is 5.01 Å². The Balaban J connectivity index is 1.88. The molecule has 0 saturated heterocycles. The summed E-state index contributed by atoms with van der Waals surface area (Å²) in [5, 5.41) is 4.50. The van der Waals surface area contributed by atoms with Crippen LogP contribution in [0, 0.1) is 13.8 Å². The van der Waals surface area contributed by atoms with E-state index in [1.54, 1.807) is 11.3 Å². The molecule has 0 spiro atoms. The third kappa shape index (κ3) is 3.50. The fraction of sp³-hybridized carbons (Fsp3) is 0.462. The van der Waals surface area contributed by atoms with Crippen molar-refractivity contribution in [2.24, 2.45) is 0 Å². The molecule has 96 valence electrons. The number of nitrogens with one attached hydrogen (secondary N) is 1. The number of nitrogens with zero attached hydrogens (tertiary/aromatic N) is 3. The highest BCUT2D eigenvalue weighted by Gasteiger charge is 2.02. The van der Waals surface area contributed by atoms with Gasteiger partial charge in [-0.15, -0.1) is 11.3 Å². The van der Waals surface area contributed by atoms with Gasteiger partial charge in [0.25, 0.3) is 0 Å². The fourth-order valence-corrected chi connectivity index (χ4v) is 2.59. The number of hydrogen-bond acceptors (Lipinski definition) is 5. The number of hydrogen-bond donors (Lipinski definition) is 1. The second-order valence-corrected chi connectivity index (χ2v) is 5.39. The zero-order valence-electron chi connectivity index (χ0n) is 11.0. The fourth-order valence-electron chi connectivity index (χ4n) is 1.73. The van der Waals surface area contributed by atoms with Crippen LogP contribution in [0.4, 0.5) is 5.82 Å². The summed E-state index contributed by atoms with van der Waals surface area (Å²) < 4.78 is 0. The molecule has 0 aliphatic rings. The van der Waals surface area contributed by atoms with Crippen LogP contribution in [0.1, 0.15) is 28.3 Å². The maximum absolute atomic E-state index is 4.40. The third-order valence-corrected chi connectivity index (χ3v) is 3.76. The van der Waals surface area contributed by atoms with Crippen LogP contribution in [-0.4, -0.2) is 21.5 Å². The van der Waals surface area contributed by atoms with Crippen LogP contribution in [0.25, 0.3) is 0 Å². The van der Waals surface area contributed by atoms with Gasteiger partial charge in [-0.25, -0.2) is 15.0 Å². The minimum Gasteiger partial charge on any atom is -0.370 e. The molecule has 0 radical (unpaired) electrons. The summed E-state index contributed by atoms with van der Waals surface area (Å²) in [6, 6.07) is 1.96. The van der Waals surface area contributed by atoms with Crippen molar-refractivity contribution in [1.82, 2.24) is 15.0 Å². The minimum absolute atomic E-state index is 0.806. The highest BCUT2D eigenvalue weighted by molar-refractivity contribution is 7.11. The van der Waals surface area contributed by atoms with E-state index < -0.39 is 0 Å². The highest BCUT2D eigenvalue weighted by Crippen LogP contribution is 2.14. The van der Waals surface area contributed by atoms with Gasteiger partial charge < -0.3 is 5.32 Å². The second-order valence-electron chi connectivity index (χ2n) is 4.19. The molecular weight excluding hydrogens is 244 g/mol. The van der Waals surface area contributed by atoms with Crippen molar-refractivity contribution in [3.63, 3.8) is 0 Å². The van der Waals surface area contributed by atoms with E-state index >= 15 is 0 Å². The Labute approximate surface area is 112 Å². The molecule has 1 N–H and O–H groups in total. The van der Waals surface area contributed by atoms with Crippen LogP contribution in [0.3, 0.4) is 0 Å². The molecule has 0 bridgehead atoms. The first-order valence-electron chi connectivity index (χ1n) is 6.17. The molecule has 0 fully saturated rings. The largest absolute Gasteiger partial charge is 0.370 e. The third-order valence-electron chi connectivity index (χ3n) is 2.56. The van der Waals surface area contributed by atoms with Crippen LogP contribution in [0.2, 0.25) is 0 Å². The predicted molar refractivity (Wildman–Crippen MR) is 75.2 cm³/mol. The molecule has 0 aromatic carbocycles. The van der Waals surface area contributed by atoms with Gasteiger partial charge in [0.15, 0.2) is 0 Å². The molecule has 0 saturated carbocycles. The molecule has 0 unspecified atom stereocenters. The maximum atomic E-state index is 4.40. The molecule has 0 atom stereocenters. The van der Waals surface area contributed by atoms with E-state index in [1.165, 1.54) is 9.88 Å². The first-order valence-corrected chi connectivity index (χ1v) is 6.98. The molecule has 2 rings (SSSR count). The Morgan fingerprint density at radius 2 is 2.11 bits per heavy atom. The van der Waals surface area contributed by atoms with E-state index in [1.807, 2.05) is 26.1 Å². The molecule has 2 heterocycles. The molecule has 2 aromatic heterocycles. The minimum atomic E-state index is 0.806. The normalized spacial score (nSPS) is 10.6. The predicted octanol–water partition coefficient (Wildman–Crippen LogP) is 2.77. The lowest BCUT2D eigenvalue weighted by Crippen LogP contribution is -2.07. The van der Waals surface area contributed by atoms with Crippen molar-refractivity contribution in [1.29, 1.82) is 0 Å². The first kappa shape index (κ1) is 13.0. The van der Waals surface area contributed by atoms with Gasteiger partial charge in [-0.05, 0) is 20.3 Å². The quantitative estimate of drug-likeness (QED) is 0.900. The van der Waals surface area contributed by atoms with E-state index in [9.17, 15) is 0 Å². The monoisotopic (exact) mass is 262 g/mol. The number of rotatable bonds is 5. The summed E-state index contributed by atoms with van der Waals surface area (Å²) in [6.07, 6.45) is 3.97. The molecule has 18 heavy (non-hydrogen) atoms. The van der Waals surface area contributed by atoms with E-state index in [2.05, 4.69) is 27.2 Å². The van der Waals surface area contributed by atoms with E-state index in [0.29, 0.717) is 0 Å². The van der Waals surface area contributed by atoms with Crippen molar-refractivity contribution in [2.75, 3.05) is 11.9 Å². The zero-order chi connectivity index (χ0) is 13.0. The Bertz CT molecular complexity index is 501. The zero-order valence-corrected chi connectivity index (χ0v) is 11.8. The Kier molecular flexibility index (Phi) is 4.25. The van der Waals surface area contributed by atoms with Crippen LogP contribution < -0.4 is 5.32 Å². The van der Waals surface area contributed by atoms with Gasteiger partial charge in [0.1, 0.15) is 11.6 Å². The Hall–Kier alpha value is -1.49. The van der Waals surface area contributed by atoms with Gasteiger partial charge >= 0.3 is 0 Å². The standard InChI is InChI=1S/C13H18N4S/c1-4-11-8-15-13(18-11)5-6-14-12-7-9(2)16-10(3)17-12/h7-8H,4-6H2,1-3H3,(H,14,16,17). The van der Waals surface area contributed by atoms with Crippen LogP contribution in [-0.2, 0) is 12.8 Å². The van der Waals surface area contributed by atoms with Gasteiger partial charge in [-0.2, -0.15) is 0 Å². The van der Waals surface area contributed by atoms with Gasteiger partial charge in [-0.3, -0.25) is 0 Å². The van der Waals surface area contributed by atoms with E-state index in [4.69, 9.17) is 0 Å². The molecule has 0 aliphatic carbocycles. The molecule has 5 heteroatoms. The lowest BCUT2D eigenvalue weighted by Gasteiger charge is -2.05. The average molecular weight is 262 g/mol. The van der Waals surface area contributed by atoms with Gasteiger partial charge in [0, 0.05) is 35.8 Å². The second kappa shape index (κ2) is 5.91. The summed E-state index contributed by atoms with van der Waals surface area (Å²) in [5.74, 6) is 1.70. The van der Waals surface area contributed by atoms with Crippen molar-refractivity contribution in [2.45, 2.75) is 33.6 Å². The van der Waals surface area contributed by atoms with Crippen molar-refractivity contribution in [3.05, 3.63) is 33.7 Å². The van der Waals surface area contributed by atoms with Crippen LogP contribution >= 0.6 is 11.3 Å². The molecule has 0 aliphatic heterocycles. The summed E-state index contributed by atoms with van der Waals surface area (Å²) in [4.78, 5) is 14.3. The summed E-state index contributed by atoms with van der Waals surface area (Å²) >= 11 is 1.79. The molecule has 2 aromatic rings. The highest BCUT2D eigenvalue weighted by atomic mass is 32.1. The average Bonchev–Trinajstić information content (AvgIpc) is 2.76. The number of anilines is 1. The summed E-state index contributed by atoms with van der Waals surface area (Å²) in [7, 11) is 0. The Morgan fingerprint density at radius 1 is 1.28 bits per heavy atom. The molecular formula is C13H18N4S. The number of aryl methyl sites for hydroxylation is 3. The molecule has 4 nitrogen and oxygen atoms in total. The van der Waals surface area contributed by atoms with E-state index in [0.717, 1.165) is 36.7 Å². The number of aromatic nitrogens is 3. The van der Waals surface area contributed by atoms with Gasteiger partial charge in [-0.1, -0.05) is 6.92 Å². The van der Waals surface area contributed by atoms with E-state index in [-0.39, 0.29) is 0 Å². The SMILES string of the molecule is CCc1cnc(CCNc2cc(C)nc(C)n2)s1. The van der Waals surface area contributed by atoms with Gasteiger partial charge in [0.2, 0.25) is 0 Å². The molecule has 0 amide bonds. The first-order chi connectivity index (χ1) is 8.67. The van der Waals surface area contributed by atoms with Crippen LogP contribution in [0.5, 0.6) is 0 Å². The van der Waals surface area contributed by atoms with Crippen molar-refractivity contribution < 1.29 is 0 Å². The maximum Gasteiger partial charge on any atom is 0.129 e. The summed E-state index contributed by atoms with van der Waals surface area (Å²) in [6.45, 7) is 6.90. The van der Waals surface area contributed by atoms with Crippen molar-refractivity contribution in [3.8, 4) is 0 Å². The lowest BCUT2D eigenvalue weighted by atomic mass is 10.4.